The molecule has 0 bridgehead atoms. The van der Waals surface area contributed by atoms with Crippen LogP contribution in [0, 0.1) is 5.41 Å². The zero-order chi connectivity index (χ0) is 21.5. The van der Waals surface area contributed by atoms with Crippen molar-refractivity contribution >= 4 is 31.3 Å². The van der Waals surface area contributed by atoms with Gasteiger partial charge in [-0.15, -0.1) is 0 Å². The molecule has 0 aliphatic carbocycles. The van der Waals surface area contributed by atoms with Gasteiger partial charge in [-0.3, -0.25) is 0 Å². The predicted molar refractivity (Wildman–Crippen MR) is 113 cm³/mol. The number of carbonyl (C=O) groups is 2. The highest BCUT2D eigenvalue weighted by Crippen LogP contribution is 2.38. The molecule has 0 unspecified atom stereocenters. The lowest BCUT2D eigenvalue weighted by Crippen LogP contribution is -2.43. The van der Waals surface area contributed by atoms with Gasteiger partial charge in [0.25, 0.3) is 0 Å². The fourth-order valence-electron chi connectivity index (χ4n) is 2.40. The highest BCUT2D eigenvalue weighted by atomic mass is 28.4. The largest absolute Gasteiger partial charge is 0.543 e. The Hall–Kier alpha value is -2.28. The van der Waals surface area contributed by atoms with Crippen LogP contribution in [-0.4, -0.2) is 36.7 Å². The number of aromatic nitrogens is 1. The van der Waals surface area contributed by atoms with E-state index in [1.165, 1.54) is 0 Å². The summed E-state index contributed by atoms with van der Waals surface area (Å²) < 4.78 is 12.6. The van der Waals surface area contributed by atoms with Gasteiger partial charge in [0.15, 0.2) is 0 Å². The summed E-state index contributed by atoms with van der Waals surface area (Å²) in [5.74, 6) is -0.0466. The van der Waals surface area contributed by atoms with E-state index in [0.29, 0.717) is 16.7 Å². The Balaban J connectivity index is 2.46. The molecular formula is C21H31NO5Si. The number of nitrogens with zero attached hydrogens (tertiary/aromatic N) is 1. The maximum Gasteiger partial charge on any atom is 0.416 e. The summed E-state index contributed by atoms with van der Waals surface area (Å²) in [6.07, 6.45) is -1.23. The third kappa shape index (κ3) is 4.76. The lowest BCUT2D eigenvalue weighted by Gasteiger charge is -2.36. The van der Waals surface area contributed by atoms with Crippen LogP contribution in [0.2, 0.25) is 18.1 Å². The van der Waals surface area contributed by atoms with Crippen LogP contribution in [-0.2, 0) is 4.74 Å². The fourth-order valence-corrected chi connectivity index (χ4v) is 3.43. The van der Waals surface area contributed by atoms with Gasteiger partial charge in [0.05, 0.1) is 12.1 Å². The number of carboxylic acid groups (broad SMARTS) is 1. The van der Waals surface area contributed by atoms with Crippen LogP contribution in [0.5, 0.6) is 5.75 Å². The van der Waals surface area contributed by atoms with Gasteiger partial charge in [0.1, 0.15) is 11.4 Å². The molecule has 0 amide bonds. The minimum absolute atomic E-state index is 0.00349. The number of hydrogen-bond acceptors (Lipinski definition) is 4. The Kier molecular flexibility index (Phi) is 5.72. The Morgan fingerprint density at radius 2 is 1.68 bits per heavy atom. The summed E-state index contributed by atoms with van der Waals surface area (Å²) in [5.41, 5.74) is 0.197. The van der Waals surface area contributed by atoms with Gasteiger partial charge < -0.3 is 14.3 Å². The number of hydrogen-bond donors (Lipinski definition) is 1. The lowest BCUT2D eigenvalue weighted by atomic mass is 9.99. The maximum absolute atomic E-state index is 12.5. The van der Waals surface area contributed by atoms with Crippen LogP contribution in [0.4, 0.5) is 4.79 Å². The van der Waals surface area contributed by atoms with Crippen molar-refractivity contribution in [2.24, 2.45) is 5.41 Å². The Labute approximate surface area is 167 Å². The van der Waals surface area contributed by atoms with E-state index in [0.717, 1.165) is 4.57 Å². The third-order valence-corrected chi connectivity index (χ3v) is 9.35. The van der Waals surface area contributed by atoms with Crippen LogP contribution >= 0.6 is 0 Å². The molecule has 1 aromatic carbocycles. The normalized spacial score (nSPS) is 12.9. The quantitative estimate of drug-likeness (QED) is 0.517. The van der Waals surface area contributed by atoms with Gasteiger partial charge in [-0.1, -0.05) is 41.5 Å². The molecule has 2 rings (SSSR count). The van der Waals surface area contributed by atoms with Gasteiger partial charge in [-0.2, -0.15) is 0 Å². The summed E-state index contributed by atoms with van der Waals surface area (Å²) in [5, 5.41) is 10.4. The molecule has 7 heteroatoms. The molecule has 0 radical (unpaired) electrons. The van der Waals surface area contributed by atoms with E-state index in [1.807, 2.05) is 26.8 Å². The summed E-state index contributed by atoms with van der Waals surface area (Å²) in [6, 6.07) is 6.83. The molecule has 0 spiro atoms. The topological polar surface area (TPSA) is 77.8 Å². The molecule has 28 heavy (non-hydrogen) atoms. The number of rotatable bonds is 4. The van der Waals surface area contributed by atoms with E-state index in [-0.39, 0.29) is 22.8 Å². The van der Waals surface area contributed by atoms with E-state index in [9.17, 15) is 14.7 Å². The van der Waals surface area contributed by atoms with E-state index < -0.39 is 20.4 Å². The van der Waals surface area contributed by atoms with Crippen LogP contribution in [0.25, 0.3) is 10.9 Å². The van der Waals surface area contributed by atoms with Crippen LogP contribution in [0.1, 0.15) is 52.0 Å². The van der Waals surface area contributed by atoms with Crippen molar-refractivity contribution in [2.45, 2.75) is 59.7 Å². The molecule has 6 nitrogen and oxygen atoms in total. The second kappa shape index (κ2) is 7.27. The minimum Gasteiger partial charge on any atom is -0.543 e. The van der Waals surface area contributed by atoms with E-state index in [4.69, 9.17) is 9.16 Å². The molecule has 0 fully saturated rings. The van der Waals surface area contributed by atoms with Crippen LogP contribution in [0.3, 0.4) is 0 Å². The first-order valence-corrected chi connectivity index (χ1v) is 12.3. The second-order valence-electron chi connectivity index (χ2n) is 9.87. The molecule has 2 aromatic rings. The SMILES string of the molecule is CC(C)(C)COC(=O)c1cc2ccc(O[Si](C)(C)C(C)(C)C)cc2n1C(=O)O. The fraction of sp³-hybridized carbons (Fsp3) is 0.524. The first kappa shape index (κ1) is 22.0. The van der Waals surface area contributed by atoms with E-state index >= 15 is 0 Å². The molecule has 0 atom stereocenters. The van der Waals surface area contributed by atoms with Crippen molar-refractivity contribution in [3.05, 3.63) is 30.0 Å². The van der Waals surface area contributed by atoms with Gasteiger partial charge in [0, 0.05) is 11.5 Å². The molecule has 0 aliphatic heterocycles. The highest BCUT2D eigenvalue weighted by Gasteiger charge is 2.39. The Morgan fingerprint density at radius 3 is 2.18 bits per heavy atom. The first-order valence-electron chi connectivity index (χ1n) is 9.37. The van der Waals surface area contributed by atoms with Crippen molar-refractivity contribution in [1.82, 2.24) is 4.57 Å². The summed E-state index contributed by atoms with van der Waals surface area (Å²) in [4.78, 5) is 24.4. The number of ether oxygens (including phenoxy) is 1. The Bertz CT molecular complexity index is 900. The average molecular weight is 406 g/mol. The smallest absolute Gasteiger partial charge is 0.416 e. The van der Waals surface area contributed by atoms with Crippen LogP contribution in [0.15, 0.2) is 24.3 Å². The van der Waals surface area contributed by atoms with Crippen molar-refractivity contribution in [2.75, 3.05) is 6.61 Å². The second-order valence-corrected chi connectivity index (χ2v) is 14.6. The van der Waals surface area contributed by atoms with Crippen LogP contribution < -0.4 is 4.43 Å². The molecule has 1 N–H and O–H groups in total. The zero-order valence-corrected chi connectivity index (χ0v) is 19.0. The number of benzene rings is 1. The highest BCUT2D eigenvalue weighted by molar-refractivity contribution is 6.74. The van der Waals surface area contributed by atoms with E-state index in [1.54, 1.807) is 18.2 Å². The average Bonchev–Trinajstić information content (AvgIpc) is 2.89. The monoisotopic (exact) mass is 405 g/mol. The number of carbonyl (C=O) groups excluding carboxylic acids is 1. The summed E-state index contributed by atoms with van der Waals surface area (Å²) in [7, 11) is -2.07. The third-order valence-electron chi connectivity index (χ3n) is 4.99. The molecule has 0 saturated heterocycles. The molecular weight excluding hydrogens is 374 g/mol. The maximum atomic E-state index is 12.5. The molecule has 1 heterocycles. The van der Waals surface area contributed by atoms with E-state index in [2.05, 4.69) is 33.9 Å². The minimum atomic E-state index is -2.07. The lowest BCUT2D eigenvalue weighted by molar-refractivity contribution is 0.0355. The molecule has 0 saturated carbocycles. The van der Waals surface area contributed by atoms with Crippen molar-refractivity contribution in [1.29, 1.82) is 0 Å². The van der Waals surface area contributed by atoms with Crippen molar-refractivity contribution in [3.63, 3.8) is 0 Å². The summed E-state index contributed by atoms with van der Waals surface area (Å²) >= 11 is 0. The van der Waals surface area contributed by atoms with Crippen molar-refractivity contribution in [3.8, 4) is 5.75 Å². The number of esters is 1. The number of fused-ring (bicyclic) bond motifs is 1. The van der Waals surface area contributed by atoms with Gasteiger partial charge in [-0.25, -0.2) is 14.2 Å². The Morgan fingerprint density at radius 1 is 1.07 bits per heavy atom. The van der Waals surface area contributed by atoms with Crippen molar-refractivity contribution < 1.29 is 23.9 Å². The predicted octanol–water partition coefficient (Wildman–Crippen LogP) is 5.75. The molecule has 1 aromatic heterocycles. The first-order chi connectivity index (χ1) is 12.6. The zero-order valence-electron chi connectivity index (χ0n) is 18.0. The van der Waals surface area contributed by atoms with Gasteiger partial charge >= 0.3 is 12.1 Å². The summed E-state index contributed by atoms with van der Waals surface area (Å²) in [6.45, 7) is 16.7. The van der Waals surface area contributed by atoms with Gasteiger partial charge in [0.2, 0.25) is 8.32 Å². The standard InChI is InChI=1S/C21H31NO5Si/c1-20(2,3)13-26-18(23)17-11-14-9-10-15(12-16(14)22(17)19(24)25)27-28(7,8)21(4,5)6/h9-12H,13H2,1-8H3,(H,24,25). The molecule has 154 valence electrons. The van der Waals surface area contributed by atoms with Gasteiger partial charge in [-0.05, 0) is 41.7 Å². The molecule has 0 aliphatic rings.